The Labute approximate surface area is 184 Å². The Morgan fingerprint density at radius 1 is 1.00 bits per heavy atom. The number of anilines is 1. The van der Waals surface area contributed by atoms with E-state index in [-0.39, 0.29) is 29.7 Å². The largest absolute Gasteiger partial charge is 0.457 e. The van der Waals surface area contributed by atoms with Crippen molar-refractivity contribution in [1.82, 2.24) is 10.6 Å². The van der Waals surface area contributed by atoms with E-state index in [0.29, 0.717) is 17.1 Å². The minimum absolute atomic E-state index is 0.201. The number of rotatable bonds is 5. The summed E-state index contributed by atoms with van der Waals surface area (Å²) in [6.07, 6.45) is -1.56. The summed E-state index contributed by atoms with van der Waals surface area (Å²) in [4.78, 5) is 39.3. The zero-order valence-electron chi connectivity index (χ0n) is 17.6. The van der Waals surface area contributed by atoms with Crippen LogP contribution in [0.1, 0.15) is 18.9 Å². The van der Waals surface area contributed by atoms with Gasteiger partial charge in [0, 0.05) is 12.5 Å². The Morgan fingerprint density at radius 3 is 2.25 bits per heavy atom. The van der Waals surface area contributed by atoms with Crippen LogP contribution in [-0.2, 0) is 14.3 Å². The van der Waals surface area contributed by atoms with Crippen LogP contribution in [0.5, 0.6) is 11.5 Å². The molecule has 3 N–H and O–H groups in total. The van der Waals surface area contributed by atoms with Crippen molar-refractivity contribution in [3.63, 3.8) is 0 Å². The molecule has 0 heterocycles. The number of nitrogens with zero attached hydrogens (tertiary/aromatic N) is 2. The first-order chi connectivity index (χ1) is 15.4. The fourth-order valence-corrected chi connectivity index (χ4v) is 2.28. The molecule has 0 aliphatic heterocycles. The molecule has 0 saturated carbocycles. The highest BCUT2D eigenvalue weighted by molar-refractivity contribution is 6.03. The van der Waals surface area contributed by atoms with Crippen molar-refractivity contribution >= 4 is 35.4 Å². The number of ether oxygens (including phenoxy) is 3. The third-order valence-corrected chi connectivity index (χ3v) is 3.81. The number of alkyl carbamates (subject to hydrolysis) is 2. The van der Waals surface area contributed by atoms with Crippen molar-refractivity contribution in [3.05, 3.63) is 48.0 Å². The molecule has 0 fully saturated rings. The summed E-state index contributed by atoms with van der Waals surface area (Å²) in [5.74, 6) is 0.196. The third-order valence-electron chi connectivity index (χ3n) is 3.81. The molecule has 0 spiro atoms. The molecule has 2 aromatic carbocycles. The molecule has 0 saturated heterocycles. The summed E-state index contributed by atoms with van der Waals surface area (Å²) in [6.45, 7) is 1.68. The van der Waals surface area contributed by atoms with E-state index in [4.69, 9.17) is 10.00 Å². The smallest absolute Gasteiger partial charge is 0.413 e. The number of benzene rings is 2. The molecular weight excluding hydrogens is 418 g/mol. The first-order valence-corrected chi connectivity index (χ1v) is 9.29. The van der Waals surface area contributed by atoms with Crippen LogP contribution in [0, 0.1) is 11.3 Å². The molecule has 0 atom stereocenters. The van der Waals surface area contributed by atoms with Gasteiger partial charge in [-0.25, -0.2) is 14.6 Å². The molecule has 2 aromatic rings. The average Bonchev–Trinajstić information content (AvgIpc) is 2.80. The van der Waals surface area contributed by atoms with Crippen molar-refractivity contribution in [2.75, 3.05) is 19.5 Å². The highest BCUT2D eigenvalue weighted by atomic mass is 16.5. The average molecular weight is 439 g/mol. The van der Waals surface area contributed by atoms with E-state index in [1.165, 1.54) is 12.1 Å². The van der Waals surface area contributed by atoms with Crippen LogP contribution < -0.4 is 20.7 Å². The Kier molecular flexibility index (Phi) is 8.56. The first-order valence-electron chi connectivity index (χ1n) is 9.29. The van der Waals surface area contributed by atoms with Gasteiger partial charge in [-0.1, -0.05) is 13.0 Å². The number of hydrogen-bond acceptors (Lipinski definition) is 8. The van der Waals surface area contributed by atoms with Crippen molar-refractivity contribution in [3.8, 4) is 17.6 Å². The fourth-order valence-electron chi connectivity index (χ4n) is 2.28. The van der Waals surface area contributed by atoms with E-state index in [2.05, 4.69) is 30.4 Å². The van der Waals surface area contributed by atoms with Gasteiger partial charge in [-0.15, -0.1) is 0 Å². The monoisotopic (exact) mass is 439 g/mol. The molecule has 0 aromatic heterocycles. The van der Waals surface area contributed by atoms with E-state index < -0.39 is 12.2 Å². The van der Waals surface area contributed by atoms with Gasteiger partial charge in [-0.05, 0) is 30.3 Å². The Bertz CT molecular complexity index is 1060. The predicted octanol–water partition coefficient (Wildman–Crippen LogP) is 3.40. The molecule has 0 unspecified atom stereocenters. The van der Waals surface area contributed by atoms with Gasteiger partial charge in [0.15, 0.2) is 0 Å². The second-order valence-electron chi connectivity index (χ2n) is 6.02. The molecule has 32 heavy (non-hydrogen) atoms. The second kappa shape index (κ2) is 11.6. The maximum absolute atomic E-state index is 12.0. The summed E-state index contributed by atoms with van der Waals surface area (Å²) in [6, 6.07) is 13.2. The number of amides is 3. The number of methoxy groups -OCH3 is 2. The second-order valence-corrected chi connectivity index (χ2v) is 6.02. The standard InChI is InChI=1S/C21H21N5O6/c1-4-18(27)23-17-11-15(32-14-7-5-6-13(10-14)12-22)8-9-16(17)24-19(25-20(28)30-2)26-21(29)31-3/h5-11H,4H2,1-3H3,(H,23,27)(H2,24,25,26,28,29). The Morgan fingerprint density at radius 2 is 1.66 bits per heavy atom. The SMILES string of the molecule is CCC(=O)Nc1cc(Oc2cccc(C#N)c2)ccc1N=C(NC(=O)OC)NC(=O)OC. The van der Waals surface area contributed by atoms with Crippen LogP contribution in [0.25, 0.3) is 0 Å². The van der Waals surface area contributed by atoms with Crippen molar-refractivity contribution in [1.29, 1.82) is 5.26 Å². The molecule has 0 bridgehead atoms. The van der Waals surface area contributed by atoms with E-state index in [9.17, 15) is 14.4 Å². The quantitative estimate of drug-likeness (QED) is 0.477. The van der Waals surface area contributed by atoms with Gasteiger partial charge >= 0.3 is 12.2 Å². The third kappa shape index (κ3) is 7.03. The summed E-state index contributed by atoms with van der Waals surface area (Å²) in [5.41, 5.74) is 0.880. The van der Waals surface area contributed by atoms with E-state index in [1.54, 1.807) is 37.3 Å². The fraction of sp³-hybridized carbons (Fsp3) is 0.190. The minimum Gasteiger partial charge on any atom is -0.457 e. The van der Waals surface area contributed by atoms with Gasteiger partial charge < -0.3 is 19.5 Å². The maximum atomic E-state index is 12.0. The summed E-state index contributed by atoms with van der Waals surface area (Å²) in [7, 11) is 2.29. The van der Waals surface area contributed by atoms with Crippen molar-refractivity contribution in [2.45, 2.75) is 13.3 Å². The van der Waals surface area contributed by atoms with E-state index in [1.807, 2.05) is 6.07 Å². The molecule has 0 radical (unpaired) electrons. The van der Waals surface area contributed by atoms with Gasteiger partial charge in [0.05, 0.1) is 37.2 Å². The number of guanidine groups is 1. The highest BCUT2D eigenvalue weighted by Gasteiger charge is 2.14. The van der Waals surface area contributed by atoms with Crippen LogP contribution in [0.2, 0.25) is 0 Å². The normalized spacial score (nSPS) is 9.56. The molecule has 166 valence electrons. The molecule has 0 aliphatic rings. The highest BCUT2D eigenvalue weighted by Crippen LogP contribution is 2.32. The van der Waals surface area contributed by atoms with Crippen LogP contribution in [-0.4, -0.2) is 38.3 Å². The topological polar surface area (TPSA) is 151 Å². The Hall–Kier alpha value is -4.59. The first kappa shape index (κ1) is 23.7. The van der Waals surface area contributed by atoms with Crippen LogP contribution in [0.3, 0.4) is 0 Å². The lowest BCUT2D eigenvalue weighted by Gasteiger charge is -2.13. The lowest BCUT2D eigenvalue weighted by molar-refractivity contribution is -0.115. The zero-order chi connectivity index (χ0) is 23.5. The number of hydrogen-bond donors (Lipinski definition) is 3. The summed E-state index contributed by atoms with van der Waals surface area (Å²) in [5, 5.41) is 16.2. The Balaban J connectivity index is 2.43. The van der Waals surface area contributed by atoms with E-state index >= 15 is 0 Å². The molecule has 3 amide bonds. The van der Waals surface area contributed by atoms with Gasteiger partial charge in [-0.2, -0.15) is 5.26 Å². The summed E-state index contributed by atoms with van der Waals surface area (Å²) < 4.78 is 14.8. The number of nitrogens with one attached hydrogen (secondary N) is 3. The number of carbonyl (C=O) groups is 3. The number of aliphatic imine (C=N–C) groups is 1. The molecule has 11 nitrogen and oxygen atoms in total. The number of nitriles is 1. The van der Waals surface area contributed by atoms with Gasteiger partial charge in [0.1, 0.15) is 11.5 Å². The molecular formula is C21H21N5O6. The van der Waals surface area contributed by atoms with Gasteiger partial charge in [0.2, 0.25) is 11.9 Å². The minimum atomic E-state index is -0.878. The lowest BCUT2D eigenvalue weighted by Crippen LogP contribution is -2.43. The van der Waals surface area contributed by atoms with E-state index in [0.717, 1.165) is 14.2 Å². The lowest BCUT2D eigenvalue weighted by atomic mass is 10.2. The molecule has 2 rings (SSSR count). The predicted molar refractivity (Wildman–Crippen MR) is 115 cm³/mol. The van der Waals surface area contributed by atoms with Crippen molar-refractivity contribution in [2.24, 2.45) is 4.99 Å². The van der Waals surface area contributed by atoms with Crippen LogP contribution in [0.15, 0.2) is 47.5 Å². The van der Waals surface area contributed by atoms with Gasteiger partial charge in [0.25, 0.3) is 0 Å². The molecule has 11 heteroatoms. The van der Waals surface area contributed by atoms with Crippen LogP contribution in [0.4, 0.5) is 21.0 Å². The zero-order valence-corrected chi connectivity index (χ0v) is 17.6. The maximum Gasteiger partial charge on any atom is 0.413 e. The number of carbonyl (C=O) groups excluding carboxylic acids is 3. The van der Waals surface area contributed by atoms with Crippen molar-refractivity contribution < 1.29 is 28.6 Å². The molecule has 0 aliphatic carbocycles. The summed E-state index contributed by atoms with van der Waals surface area (Å²) >= 11 is 0. The van der Waals surface area contributed by atoms with Crippen LogP contribution >= 0.6 is 0 Å². The van der Waals surface area contributed by atoms with Gasteiger partial charge in [-0.3, -0.25) is 15.4 Å².